The molecule has 0 fully saturated rings. The van der Waals surface area contributed by atoms with Crippen LogP contribution in [0.2, 0.25) is 0 Å². The third-order valence-corrected chi connectivity index (χ3v) is 5.87. The normalized spacial score (nSPS) is 16.9. The minimum atomic E-state index is 0.119. The van der Waals surface area contributed by atoms with Gasteiger partial charge in [-0.05, 0) is 41.0 Å². The lowest BCUT2D eigenvalue weighted by atomic mass is 9.80. The number of carbonyl (C=O) groups is 1. The second-order valence-electron chi connectivity index (χ2n) is 8.89. The van der Waals surface area contributed by atoms with Crippen molar-refractivity contribution in [2.24, 2.45) is 0 Å². The molecular formula is C24H24N4O. The average Bonchev–Trinajstić information content (AvgIpc) is 3.31. The number of imidazole rings is 1. The number of carbonyl (C=O) groups excluding carboxylic acids is 1. The summed E-state index contributed by atoms with van der Waals surface area (Å²) in [5, 5.41) is 4.49. The van der Waals surface area contributed by atoms with Crippen LogP contribution in [0.1, 0.15) is 60.3 Å². The highest BCUT2D eigenvalue weighted by Crippen LogP contribution is 2.34. The van der Waals surface area contributed by atoms with Gasteiger partial charge in [0.05, 0.1) is 28.5 Å². The summed E-state index contributed by atoms with van der Waals surface area (Å²) in [6.45, 7) is 6.64. The number of hydrogen-bond donors (Lipinski definition) is 1. The maximum absolute atomic E-state index is 12.8. The van der Waals surface area contributed by atoms with Crippen molar-refractivity contribution in [3.05, 3.63) is 77.1 Å². The fourth-order valence-electron chi connectivity index (χ4n) is 4.16. The van der Waals surface area contributed by atoms with Gasteiger partial charge in [0.2, 0.25) is 5.95 Å². The van der Waals surface area contributed by atoms with E-state index in [1.807, 2.05) is 24.3 Å². The second kappa shape index (κ2) is 6.41. The summed E-state index contributed by atoms with van der Waals surface area (Å²) in [6, 6.07) is 16.6. The maximum atomic E-state index is 12.8. The molecule has 146 valence electrons. The fraction of sp³-hybridized carbons (Fsp3) is 0.292. The Labute approximate surface area is 169 Å². The highest BCUT2D eigenvalue weighted by atomic mass is 16.1. The Balaban J connectivity index is 1.51. The Morgan fingerprint density at radius 1 is 1.03 bits per heavy atom. The van der Waals surface area contributed by atoms with Gasteiger partial charge in [-0.1, -0.05) is 57.2 Å². The number of aromatic nitrogens is 4. The summed E-state index contributed by atoms with van der Waals surface area (Å²) in [6.07, 6.45) is 2.98. The molecule has 5 rings (SSSR count). The van der Waals surface area contributed by atoms with Gasteiger partial charge in [-0.15, -0.1) is 0 Å². The van der Waals surface area contributed by atoms with Crippen molar-refractivity contribution in [2.45, 2.75) is 44.9 Å². The van der Waals surface area contributed by atoms with Crippen LogP contribution in [-0.2, 0) is 11.8 Å². The molecule has 1 aliphatic carbocycles. The molecule has 2 aromatic carbocycles. The molecule has 5 heteroatoms. The first kappa shape index (κ1) is 17.9. The van der Waals surface area contributed by atoms with E-state index in [1.165, 1.54) is 11.1 Å². The summed E-state index contributed by atoms with van der Waals surface area (Å²) in [5.74, 6) is 0.964. The predicted molar refractivity (Wildman–Crippen MR) is 114 cm³/mol. The van der Waals surface area contributed by atoms with E-state index < -0.39 is 0 Å². The topological polar surface area (TPSA) is 63.6 Å². The van der Waals surface area contributed by atoms with Gasteiger partial charge in [0.15, 0.2) is 5.78 Å². The molecule has 2 aromatic heterocycles. The van der Waals surface area contributed by atoms with Crippen molar-refractivity contribution in [3.63, 3.8) is 0 Å². The molecule has 29 heavy (non-hydrogen) atoms. The standard InChI is InChI=1S/C24H24N4O/c1-24(2,3)17-10-8-15(9-11-17)16-12-21-18(22(29)13-16)14-25-28(21)23-26-19-6-4-5-7-20(19)27-23/h4-11,14,16H,12-13H2,1-3H3,(H,26,27). The van der Waals surface area contributed by atoms with E-state index in [4.69, 9.17) is 0 Å². The lowest BCUT2D eigenvalue weighted by Gasteiger charge is -2.24. The Morgan fingerprint density at radius 2 is 1.79 bits per heavy atom. The van der Waals surface area contributed by atoms with Crippen molar-refractivity contribution >= 4 is 16.8 Å². The van der Waals surface area contributed by atoms with Gasteiger partial charge in [0.25, 0.3) is 0 Å². The SMILES string of the molecule is CC(C)(C)c1ccc(C2CC(=O)c3cnn(-c4nc5ccccc5[nH]4)c3C2)cc1. The fourth-order valence-corrected chi connectivity index (χ4v) is 4.16. The number of rotatable bonds is 2. The Kier molecular flexibility index (Phi) is 3.95. The summed E-state index contributed by atoms with van der Waals surface area (Å²) >= 11 is 0. The first-order valence-corrected chi connectivity index (χ1v) is 10.1. The predicted octanol–water partition coefficient (Wildman–Crippen LogP) is 4.96. The maximum Gasteiger partial charge on any atom is 0.229 e. The lowest BCUT2D eigenvalue weighted by Crippen LogP contribution is -2.20. The van der Waals surface area contributed by atoms with Crippen LogP contribution >= 0.6 is 0 Å². The molecule has 0 saturated carbocycles. The van der Waals surface area contributed by atoms with Crippen LogP contribution in [0.25, 0.3) is 17.0 Å². The van der Waals surface area contributed by atoms with Gasteiger partial charge < -0.3 is 4.98 Å². The summed E-state index contributed by atoms with van der Waals surface area (Å²) in [4.78, 5) is 20.8. The summed E-state index contributed by atoms with van der Waals surface area (Å²) < 4.78 is 1.79. The molecule has 1 N–H and O–H groups in total. The van der Waals surface area contributed by atoms with Crippen molar-refractivity contribution < 1.29 is 4.79 Å². The molecule has 1 unspecified atom stereocenters. The monoisotopic (exact) mass is 384 g/mol. The van der Waals surface area contributed by atoms with Crippen LogP contribution in [-0.4, -0.2) is 25.5 Å². The van der Waals surface area contributed by atoms with Gasteiger partial charge in [-0.3, -0.25) is 4.79 Å². The van der Waals surface area contributed by atoms with Crippen LogP contribution in [0.3, 0.4) is 0 Å². The van der Waals surface area contributed by atoms with Gasteiger partial charge in [-0.2, -0.15) is 5.10 Å². The zero-order valence-electron chi connectivity index (χ0n) is 16.9. The molecular weight excluding hydrogens is 360 g/mol. The van der Waals surface area contributed by atoms with Crippen LogP contribution in [0, 0.1) is 0 Å². The van der Waals surface area contributed by atoms with Crippen LogP contribution in [0.5, 0.6) is 0 Å². The van der Waals surface area contributed by atoms with Crippen molar-refractivity contribution in [3.8, 4) is 5.95 Å². The molecule has 5 nitrogen and oxygen atoms in total. The molecule has 4 aromatic rings. The molecule has 0 bridgehead atoms. The number of nitrogens with one attached hydrogen (secondary N) is 1. The number of hydrogen-bond acceptors (Lipinski definition) is 3. The summed E-state index contributed by atoms with van der Waals surface area (Å²) in [7, 11) is 0. The minimum absolute atomic E-state index is 0.119. The minimum Gasteiger partial charge on any atom is -0.322 e. The third kappa shape index (κ3) is 3.07. The molecule has 0 saturated heterocycles. The molecule has 1 atom stereocenters. The van der Waals surface area contributed by atoms with Gasteiger partial charge in [0, 0.05) is 6.42 Å². The molecule has 1 aliphatic rings. The van der Waals surface area contributed by atoms with Gasteiger partial charge >= 0.3 is 0 Å². The van der Waals surface area contributed by atoms with E-state index in [9.17, 15) is 4.79 Å². The van der Waals surface area contributed by atoms with Crippen molar-refractivity contribution in [1.29, 1.82) is 0 Å². The number of ketones is 1. The lowest BCUT2D eigenvalue weighted by molar-refractivity contribution is 0.0963. The second-order valence-corrected chi connectivity index (χ2v) is 8.89. The largest absolute Gasteiger partial charge is 0.322 e. The van der Waals surface area contributed by atoms with E-state index in [-0.39, 0.29) is 17.1 Å². The molecule has 0 radical (unpaired) electrons. The number of H-pyrrole nitrogens is 1. The van der Waals surface area contributed by atoms with Crippen molar-refractivity contribution in [2.75, 3.05) is 0 Å². The zero-order valence-corrected chi connectivity index (χ0v) is 16.9. The molecule has 0 spiro atoms. The van der Waals surface area contributed by atoms with Gasteiger partial charge in [0.1, 0.15) is 0 Å². The van der Waals surface area contributed by atoms with E-state index in [2.05, 4.69) is 60.1 Å². The van der Waals surface area contributed by atoms with Gasteiger partial charge in [-0.25, -0.2) is 9.67 Å². The average molecular weight is 384 g/mol. The Morgan fingerprint density at radius 3 is 2.52 bits per heavy atom. The molecule has 2 heterocycles. The number of para-hydroxylation sites is 2. The van der Waals surface area contributed by atoms with Crippen LogP contribution in [0.4, 0.5) is 0 Å². The number of Topliss-reactive ketones (excluding diaryl/α,β-unsaturated/α-hetero) is 1. The highest BCUT2D eigenvalue weighted by molar-refractivity contribution is 5.98. The van der Waals surface area contributed by atoms with E-state index in [1.54, 1.807) is 10.9 Å². The summed E-state index contributed by atoms with van der Waals surface area (Å²) in [5.41, 5.74) is 6.13. The van der Waals surface area contributed by atoms with E-state index in [0.29, 0.717) is 17.9 Å². The third-order valence-electron chi connectivity index (χ3n) is 5.87. The Bertz CT molecular complexity index is 1170. The van der Waals surface area contributed by atoms with Crippen LogP contribution < -0.4 is 0 Å². The van der Waals surface area contributed by atoms with E-state index in [0.717, 1.165) is 23.1 Å². The van der Waals surface area contributed by atoms with Crippen molar-refractivity contribution in [1.82, 2.24) is 19.7 Å². The number of nitrogens with zero attached hydrogens (tertiary/aromatic N) is 3. The van der Waals surface area contributed by atoms with Crippen LogP contribution in [0.15, 0.2) is 54.7 Å². The highest BCUT2D eigenvalue weighted by Gasteiger charge is 2.31. The number of benzene rings is 2. The molecule has 0 aliphatic heterocycles. The molecule has 0 amide bonds. The first-order chi connectivity index (χ1) is 13.9. The smallest absolute Gasteiger partial charge is 0.229 e. The Hall–Kier alpha value is -3.21. The van der Waals surface area contributed by atoms with E-state index >= 15 is 0 Å². The zero-order chi connectivity index (χ0) is 20.2. The number of aromatic amines is 1. The quantitative estimate of drug-likeness (QED) is 0.531. The first-order valence-electron chi connectivity index (χ1n) is 10.1. The number of fused-ring (bicyclic) bond motifs is 2.